The Balaban J connectivity index is 1.18. The largest absolute Gasteiger partial charge is 0.335 e. The van der Waals surface area contributed by atoms with Crippen LogP contribution in [0, 0.1) is 23.7 Å². The van der Waals surface area contributed by atoms with Crippen LogP contribution in [0.3, 0.4) is 0 Å². The summed E-state index contributed by atoms with van der Waals surface area (Å²) < 4.78 is 0. The Morgan fingerprint density at radius 2 is 1.63 bits per heavy atom. The van der Waals surface area contributed by atoms with Gasteiger partial charge in [0.05, 0.1) is 6.20 Å². The van der Waals surface area contributed by atoms with Crippen LogP contribution in [0.2, 0.25) is 0 Å². The van der Waals surface area contributed by atoms with Crippen molar-refractivity contribution < 1.29 is 0 Å². The third kappa shape index (κ3) is 4.40. The van der Waals surface area contributed by atoms with Gasteiger partial charge in [-0.1, -0.05) is 30.6 Å². The first-order valence-electron chi connectivity index (χ1n) is 11.0. The summed E-state index contributed by atoms with van der Waals surface area (Å²) in [5.41, 5.74) is 5.20. The van der Waals surface area contributed by atoms with E-state index in [0.717, 1.165) is 41.2 Å². The number of aromatic nitrogens is 2. The smallest absolute Gasteiger partial charge is 0.110 e. The van der Waals surface area contributed by atoms with E-state index in [4.69, 9.17) is 0 Å². The van der Waals surface area contributed by atoms with E-state index in [2.05, 4.69) is 44.0 Å². The summed E-state index contributed by atoms with van der Waals surface area (Å²) in [6.45, 7) is 1.10. The first-order chi connectivity index (χ1) is 14.8. The van der Waals surface area contributed by atoms with Gasteiger partial charge in [0.15, 0.2) is 0 Å². The molecule has 2 N–H and O–H groups in total. The minimum absolute atomic E-state index is 0.447. The molecule has 1 saturated carbocycles. The van der Waals surface area contributed by atoms with E-state index in [-0.39, 0.29) is 0 Å². The number of imidazole rings is 1. The van der Waals surface area contributed by atoms with Crippen LogP contribution >= 0.6 is 0 Å². The van der Waals surface area contributed by atoms with Gasteiger partial charge in [0, 0.05) is 47.0 Å². The summed E-state index contributed by atoms with van der Waals surface area (Å²) in [5, 5.41) is 3.51. The van der Waals surface area contributed by atoms with E-state index in [0.29, 0.717) is 12.0 Å². The van der Waals surface area contributed by atoms with Crippen molar-refractivity contribution in [1.29, 1.82) is 0 Å². The Kier molecular flexibility index (Phi) is 5.51. The summed E-state index contributed by atoms with van der Waals surface area (Å²) in [7, 11) is 0. The summed E-state index contributed by atoms with van der Waals surface area (Å²) in [6.07, 6.45) is 12.2. The van der Waals surface area contributed by atoms with E-state index in [1.807, 2.05) is 36.7 Å². The predicted molar refractivity (Wildman–Crippen MR) is 120 cm³/mol. The van der Waals surface area contributed by atoms with E-state index in [1.54, 1.807) is 0 Å². The van der Waals surface area contributed by atoms with Crippen molar-refractivity contribution in [2.24, 2.45) is 4.99 Å². The molecule has 1 aromatic carbocycles. The Hall–Kier alpha value is -3.08. The fourth-order valence-electron chi connectivity index (χ4n) is 4.44. The number of rotatable bonds is 2. The highest BCUT2D eigenvalue weighted by Gasteiger charge is 2.22. The fraction of sp³-hybridized carbons (Fsp3) is 0.385. The maximum atomic E-state index is 4.57. The molecule has 3 heterocycles. The van der Waals surface area contributed by atoms with Crippen molar-refractivity contribution >= 4 is 5.71 Å². The molecule has 30 heavy (non-hydrogen) atoms. The minimum atomic E-state index is 0.447. The molecule has 1 atom stereocenters. The Morgan fingerprint density at radius 3 is 2.37 bits per heavy atom. The summed E-state index contributed by atoms with van der Waals surface area (Å²) in [5.74, 6) is 14.6. The average Bonchev–Trinajstić information content (AvgIpc) is 3.57. The molecule has 2 aliphatic heterocycles. The number of nitrogens with zero attached hydrogens (tertiary/aromatic N) is 2. The molecular weight excluding hydrogens is 368 g/mol. The molecule has 1 saturated heterocycles. The lowest BCUT2D eigenvalue weighted by Crippen LogP contribution is -2.29. The number of aliphatic imine (C=N–C) groups is 1. The van der Waals surface area contributed by atoms with Crippen molar-refractivity contribution in [2.45, 2.75) is 56.9 Å². The van der Waals surface area contributed by atoms with Gasteiger partial charge in [-0.05, 0) is 62.4 Å². The summed E-state index contributed by atoms with van der Waals surface area (Å²) in [4.78, 5) is 12.5. The number of nitrogens with one attached hydrogen (secondary N) is 2. The molecule has 4 heteroatoms. The molecule has 0 amide bonds. The lowest BCUT2D eigenvalue weighted by molar-refractivity contribution is 0.678. The van der Waals surface area contributed by atoms with Gasteiger partial charge in [0.25, 0.3) is 0 Å². The van der Waals surface area contributed by atoms with Crippen LogP contribution < -0.4 is 5.32 Å². The molecule has 5 rings (SSSR count). The minimum Gasteiger partial charge on any atom is -0.335 e. The first-order valence-corrected chi connectivity index (χ1v) is 11.0. The van der Waals surface area contributed by atoms with Crippen LogP contribution in [0.15, 0.2) is 47.2 Å². The molecular formula is C26H26N4. The van der Waals surface area contributed by atoms with Crippen LogP contribution in [0.1, 0.15) is 73.5 Å². The highest BCUT2D eigenvalue weighted by molar-refractivity contribution is 5.94. The molecule has 2 fully saturated rings. The SMILES string of the molecule is C(#Cc1ccc(C#Cc2cnc(C3CCCC3)[nH]2)cc1)C1=CN=C([C@@H]2CCCN2)C1. The molecule has 0 unspecified atom stereocenters. The van der Waals surface area contributed by atoms with Crippen molar-refractivity contribution in [1.82, 2.24) is 15.3 Å². The Morgan fingerprint density at radius 1 is 0.867 bits per heavy atom. The zero-order valence-electron chi connectivity index (χ0n) is 17.2. The van der Waals surface area contributed by atoms with E-state index in [9.17, 15) is 0 Å². The number of hydrogen-bond donors (Lipinski definition) is 2. The summed E-state index contributed by atoms with van der Waals surface area (Å²) >= 11 is 0. The third-order valence-corrected chi connectivity index (χ3v) is 6.15. The molecule has 1 aliphatic carbocycles. The van der Waals surface area contributed by atoms with Gasteiger partial charge in [-0.3, -0.25) is 4.99 Å². The molecule has 0 bridgehead atoms. The van der Waals surface area contributed by atoms with Crippen LogP contribution in [0.5, 0.6) is 0 Å². The average molecular weight is 395 g/mol. The molecule has 4 nitrogen and oxygen atoms in total. The monoisotopic (exact) mass is 394 g/mol. The van der Waals surface area contributed by atoms with Crippen molar-refractivity contribution in [3.05, 3.63) is 64.9 Å². The maximum absolute atomic E-state index is 4.57. The fourth-order valence-corrected chi connectivity index (χ4v) is 4.44. The first kappa shape index (κ1) is 18.9. The molecule has 0 spiro atoms. The van der Waals surface area contributed by atoms with Gasteiger partial charge < -0.3 is 10.3 Å². The second-order valence-corrected chi connectivity index (χ2v) is 8.34. The molecule has 150 valence electrons. The number of allylic oxidation sites excluding steroid dienone is 1. The van der Waals surface area contributed by atoms with E-state index in [1.165, 1.54) is 44.2 Å². The lowest BCUT2D eigenvalue weighted by Gasteiger charge is -2.09. The molecule has 2 aromatic rings. The number of aromatic amines is 1. The quantitative estimate of drug-likeness (QED) is 0.746. The predicted octanol–water partition coefficient (Wildman–Crippen LogP) is 4.30. The molecule has 0 radical (unpaired) electrons. The second-order valence-electron chi connectivity index (χ2n) is 8.34. The van der Waals surface area contributed by atoms with Gasteiger partial charge in [-0.2, -0.15) is 0 Å². The normalized spacial score (nSPS) is 20.9. The second kappa shape index (κ2) is 8.74. The van der Waals surface area contributed by atoms with Crippen molar-refractivity contribution in [2.75, 3.05) is 6.54 Å². The zero-order chi connectivity index (χ0) is 20.2. The van der Waals surface area contributed by atoms with Crippen LogP contribution in [-0.4, -0.2) is 28.3 Å². The van der Waals surface area contributed by atoms with Crippen LogP contribution in [-0.2, 0) is 0 Å². The standard InChI is InChI=1S/C26H26N4/c1-2-5-22(4-1)26-29-18-23(30-26)14-13-20-9-7-19(8-10-20)11-12-21-16-25(28-17-21)24-6-3-15-27-24/h7-10,17-18,22,24,27H,1-6,15-16H2,(H,29,30)/t24-/m0/s1. The zero-order valence-corrected chi connectivity index (χ0v) is 17.2. The van der Waals surface area contributed by atoms with Gasteiger partial charge in [0.1, 0.15) is 11.5 Å². The Labute approximate surface area is 178 Å². The van der Waals surface area contributed by atoms with Crippen molar-refractivity contribution in [3.8, 4) is 23.7 Å². The third-order valence-electron chi connectivity index (χ3n) is 6.15. The van der Waals surface area contributed by atoms with Crippen molar-refractivity contribution in [3.63, 3.8) is 0 Å². The van der Waals surface area contributed by atoms with E-state index < -0.39 is 0 Å². The number of benzene rings is 1. The summed E-state index contributed by atoms with van der Waals surface area (Å²) in [6, 6.07) is 8.56. The van der Waals surface area contributed by atoms with Crippen LogP contribution in [0.25, 0.3) is 0 Å². The number of hydrogen-bond acceptors (Lipinski definition) is 3. The highest BCUT2D eigenvalue weighted by Crippen LogP contribution is 2.32. The maximum Gasteiger partial charge on any atom is 0.110 e. The van der Waals surface area contributed by atoms with E-state index >= 15 is 0 Å². The van der Waals surface area contributed by atoms with Gasteiger partial charge in [-0.15, -0.1) is 0 Å². The van der Waals surface area contributed by atoms with Gasteiger partial charge in [-0.25, -0.2) is 4.98 Å². The van der Waals surface area contributed by atoms with Gasteiger partial charge >= 0.3 is 0 Å². The Bertz CT molecular complexity index is 1080. The topological polar surface area (TPSA) is 53.1 Å². The van der Waals surface area contributed by atoms with Crippen LogP contribution in [0.4, 0.5) is 0 Å². The number of H-pyrrole nitrogens is 1. The molecule has 3 aliphatic rings. The highest BCUT2D eigenvalue weighted by atomic mass is 15.0. The lowest BCUT2D eigenvalue weighted by atomic mass is 10.0. The van der Waals surface area contributed by atoms with Gasteiger partial charge in [0.2, 0.25) is 0 Å². The molecule has 1 aromatic heterocycles.